The van der Waals surface area contributed by atoms with Gasteiger partial charge in [0.2, 0.25) is 0 Å². The zero-order valence-corrected chi connectivity index (χ0v) is 11.5. The Morgan fingerprint density at radius 3 is 2.45 bits per heavy atom. The van der Waals surface area contributed by atoms with E-state index in [-0.39, 0.29) is 17.7 Å². The number of phenols is 1. The van der Waals surface area contributed by atoms with Crippen molar-refractivity contribution in [3.8, 4) is 5.75 Å². The Bertz CT molecular complexity index is 514. The molecule has 2 unspecified atom stereocenters. The van der Waals surface area contributed by atoms with Gasteiger partial charge < -0.3 is 15.1 Å². The number of anilines is 1. The smallest absolute Gasteiger partial charge is 0.326 e. The number of carbonyl (C=O) groups is 2. The Kier molecular flexibility index (Phi) is 3.83. The molecular weight excluding hydrogens is 260 g/mol. The summed E-state index contributed by atoms with van der Waals surface area (Å²) in [7, 11) is 1.59. The molecule has 1 aliphatic heterocycles. The molecule has 0 aliphatic carbocycles. The molecule has 1 fully saturated rings. The Morgan fingerprint density at radius 1 is 1.30 bits per heavy atom. The summed E-state index contributed by atoms with van der Waals surface area (Å²) in [5.41, 5.74) is 0.608. The van der Waals surface area contributed by atoms with Gasteiger partial charge in [-0.2, -0.15) is 0 Å². The number of benzene rings is 1. The van der Waals surface area contributed by atoms with Crippen LogP contribution >= 0.6 is 0 Å². The van der Waals surface area contributed by atoms with Crippen LogP contribution in [0.2, 0.25) is 0 Å². The number of carboxylic acid groups (broad SMARTS) is 1. The molecule has 1 saturated heterocycles. The van der Waals surface area contributed by atoms with Gasteiger partial charge >= 0.3 is 12.0 Å². The first-order valence-electron chi connectivity index (χ1n) is 6.48. The summed E-state index contributed by atoms with van der Waals surface area (Å²) in [4.78, 5) is 26.5. The van der Waals surface area contributed by atoms with E-state index >= 15 is 0 Å². The molecule has 6 heteroatoms. The van der Waals surface area contributed by atoms with Crippen LogP contribution < -0.4 is 4.90 Å². The van der Waals surface area contributed by atoms with Crippen LogP contribution in [0.4, 0.5) is 10.5 Å². The van der Waals surface area contributed by atoms with Gasteiger partial charge in [0, 0.05) is 19.3 Å². The maximum atomic E-state index is 12.4. The van der Waals surface area contributed by atoms with Gasteiger partial charge in [-0.15, -0.1) is 0 Å². The SMILES string of the molecule is CC1CCN(C(=O)N(C)c2ccc(O)cc2)C1C(=O)O. The summed E-state index contributed by atoms with van der Waals surface area (Å²) in [5, 5.41) is 18.5. The van der Waals surface area contributed by atoms with E-state index in [2.05, 4.69) is 0 Å². The van der Waals surface area contributed by atoms with Gasteiger partial charge in [-0.25, -0.2) is 9.59 Å². The van der Waals surface area contributed by atoms with Gasteiger partial charge in [0.25, 0.3) is 0 Å². The minimum Gasteiger partial charge on any atom is -0.508 e. The topological polar surface area (TPSA) is 81.1 Å². The van der Waals surface area contributed by atoms with Gasteiger partial charge in [-0.05, 0) is 36.6 Å². The van der Waals surface area contributed by atoms with Crippen LogP contribution in [0, 0.1) is 5.92 Å². The molecule has 0 saturated carbocycles. The minimum absolute atomic E-state index is 0.0512. The summed E-state index contributed by atoms with van der Waals surface area (Å²) in [6, 6.07) is 5.08. The third-order valence-electron chi connectivity index (χ3n) is 3.72. The number of nitrogens with zero attached hydrogens (tertiary/aromatic N) is 2. The molecular formula is C14H18N2O4. The van der Waals surface area contributed by atoms with Gasteiger partial charge in [0.1, 0.15) is 11.8 Å². The second kappa shape index (κ2) is 5.40. The van der Waals surface area contributed by atoms with Gasteiger partial charge in [-0.1, -0.05) is 6.92 Å². The van der Waals surface area contributed by atoms with Crippen LogP contribution in [0.15, 0.2) is 24.3 Å². The molecule has 6 nitrogen and oxygen atoms in total. The molecule has 20 heavy (non-hydrogen) atoms. The number of carbonyl (C=O) groups excluding carboxylic acids is 1. The van der Waals surface area contributed by atoms with E-state index < -0.39 is 12.0 Å². The second-order valence-electron chi connectivity index (χ2n) is 5.10. The maximum absolute atomic E-state index is 12.4. The molecule has 1 heterocycles. The molecule has 0 bridgehead atoms. The van der Waals surface area contributed by atoms with Crippen LogP contribution in [-0.2, 0) is 4.79 Å². The lowest BCUT2D eigenvalue weighted by molar-refractivity contribution is -0.142. The van der Waals surface area contributed by atoms with Crippen LogP contribution in [0.3, 0.4) is 0 Å². The molecule has 1 aromatic rings. The van der Waals surface area contributed by atoms with Gasteiger partial charge in [-0.3, -0.25) is 4.90 Å². The van der Waals surface area contributed by atoms with Crippen molar-refractivity contribution in [2.24, 2.45) is 5.92 Å². The van der Waals surface area contributed by atoms with E-state index in [0.717, 1.165) is 0 Å². The lowest BCUT2D eigenvalue weighted by Crippen LogP contribution is -2.48. The number of aliphatic carboxylic acids is 1. The maximum Gasteiger partial charge on any atom is 0.326 e. The van der Waals surface area contributed by atoms with Crippen molar-refractivity contribution in [1.29, 1.82) is 0 Å². The predicted octanol–water partition coefficient (Wildman–Crippen LogP) is 1.74. The average molecular weight is 278 g/mol. The molecule has 1 aromatic carbocycles. The fourth-order valence-corrected chi connectivity index (χ4v) is 2.52. The van der Waals surface area contributed by atoms with Crippen LogP contribution in [0.25, 0.3) is 0 Å². The largest absolute Gasteiger partial charge is 0.508 e. The van der Waals surface area contributed by atoms with Crippen molar-refractivity contribution in [3.05, 3.63) is 24.3 Å². The number of amides is 2. The number of hydrogen-bond acceptors (Lipinski definition) is 3. The highest BCUT2D eigenvalue weighted by atomic mass is 16.4. The molecule has 2 amide bonds. The van der Waals surface area contributed by atoms with E-state index in [1.54, 1.807) is 19.2 Å². The highest BCUT2D eigenvalue weighted by Crippen LogP contribution is 2.27. The lowest BCUT2D eigenvalue weighted by atomic mass is 10.0. The Labute approximate surface area is 117 Å². The summed E-state index contributed by atoms with van der Waals surface area (Å²) in [6.07, 6.45) is 0.687. The highest BCUT2D eigenvalue weighted by Gasteiger charge is 2.40. The van der Waals surface area contributed by atoms with Crippen molar-refractivity contribution < 1.29 is 19.8 Å². The second-order valence-corrected chi connectivity index (χ2v) is 5.10. The Balaban J connectivity index is 2.18. The molecule has 2 rings (SSSR count). The zero-order valence-electron chi connectivity index (χ0n) is 11.5. The number of carboxylic acids is 1. The minimum atomic E-state index is -0.970. The number of aromatic hydroxyl groups is 1. The van der Waals surface area contributed by atoms with Crippen molar-refractivity contribution in [2.75, 3.05) is 18.5 Å². The van der Waals surface area contributed by atoms with E-state index in [1.807, 2.05) is 6.92 Å². The first-order valence-corrected chi connectivity index (χ1v) is 6.48. The number of likely N-dealkylation sites (tertiary alicyclic amines) is 1. The van der Waals surface area contributed by atoms with Crippen molar-refractivity contribution in [2.45, 2.75) is 19.4 Å². The molecule has 1 aliphatic rings. The number of hydrogen-bond donors (Lipinski definition) is 2. The molecule has 0 aromatic heterocycles. The predicted molar refractivity (Wildman–Crippen MR) is 73.8 cm³/mol. The Hall–Kier alpha value is -2.24. The van der Waals surface area contributed by atoms with Gasteiger partial charge in [0.15, 0.2) is 0 Å². The van der Waals surface area contributed by atoms with E-state index in [0.29, 0.717) is 18.7 Å². The summed E-state index contributed by atoms with van der Waals surface area (Å²) < 4.78 is 0. The molecule has 2 atom stereocenters. The summed E-state index contributed by atoms with van der Waals surface area (Å²) in [5.74, 6) is -0.903. The lowest BCUT2D eigenvalue weighted by Gasteiger charge is -2.28. The zero-order chi connectivity index (χ0) is 14.9. The molecule has 0 radical (unpaired) electrons. The first kappa shape index (κ1) is 14.2. The summed E-state index contributed by atoms with van der Waals surface area (Å²) in [6.45, 7) is 2.28. The molecule has 0 spiro atoms. The number of urea groups is 1. The van der Waals surface area contributed by atoms with Crippen LogP contribution in [0.5, 0.6) is 5.75 Å². The summed E-state index contributed by atoms with van der Waals surface area (Å²) >= 11 is 0. The van der Waals surface area contributed by atoms with E-state index in [4.69, 9.17) is 0 Å². The molecule has 108 valence electrons. The standard InChI is InChI=1S/C14H18N2O4/c1-9-7-8-16(12(9)13(18)19)14(20)15(2)10-3-5-11(17)6-4-10/h3-6,9,12,17H,7-8H2,1-2H3,(H,18,19). The fourth-order valence-electron chi connectivity index (χ4n) is 2.52. The number of phenolic OH excluding ortho intramolecular Hbond substituents is 1. The average Bonchev–Trinajstić information content (AvgIpc) is 2.80. The number of rotatable bonds is 2. The third-order valence-corrected chi connectivity index (χ3v) is 3.72. The van der Waals surface area contributed by atoms with Crippen molar-refractivity contribution >= 4 is 17.7 Å². The fraction of sp³-hybridized carbons (Fsp3) is 0.429. The Morgan fingerprint density at radius 2 is 1.90 bits per heavy atom. The van der Waals surface area contributed by atoms with E-state index in [9.17, 15) is 19.8 Å². The normalized spacial score (nSPS) is 21.8. The first-order chi connectivity index (χ1) is 9.41. The highest BCUT2D eigenvalue weighted by molar-refractivity contribution is 5.94. The van der Waals surface area contributed by atoms with E-state index in [1.165, 1.54) is 21.9 Å². The quantitative estimate of drug-likeness (QED) is 0.863. The third kappa shape index (κ3) is 2.54. The van der Waals surface area contributed by atoms with Crippen LogP contribution in [0.1, 0.15) is 13.3 Å². The van der Waals surface area contributed by atoms with Crippen molar-refractivity contribution in [1.82, 2.24) is 4.90 Å². The van der Waals surface area contributed by atoms with Crippen LogP contribution in [-0.4, -0.2) is 46.7 Å². The van der Waals surface area contributed by atoms with Gasteiger partial charge in [0.05, 0.1) is 0 Å². The monoisotopic (exact) mass is 278 g/mol. The molecule has 2 N–H and O–H groups in total. The van der Waals surface area contributed by atoms with Crippen molar-refractivity contribution in [3.63, 3.8) is 0 Å².